The normalized spacial score (nSPS) is 9.95. The molecular formula is C13H11FN2O3. The lowest BCUT2D eigenvalue weighted by Crippen LogP contribution is -2.19. The molecule has 0 fully saturated rings. The van der Waals surface area contributed by atoms with Crippen molar-refractivity contribution in [3.8, 4) is 11.5 Å². The highest BCUT2D eigenvalue weighted by molar-refractivity contribution is 5.99. The van der Waals surface area contributed by atoms with Crippen LogP contribution in [0.3, 0.4) is 0 Å². The van der Waals surface area contributed by atoms with Gasteiger partial charge in [0.15, 0.2) is 0 Å². The van der Waals surface area contributed by atoms with E-state index < -0.39 is 11.8 Å². The van der Waals surface area contributed by atoms with Crippen LogP contribution >= 0.6 is 0 Å². The maximum Gasteiger partial charge on any atom is 0.323 e. The molecule has 2 amide bonds. The first-order valence-electron chi connectivity index (χ1n) is 5.39. The molecule has 5 nitrogen and oxygen atoms in total. The number of rotatable bonds is 2. The standard InChI is InChI=1S/C13H11FN2O3/c14-8-1-3-9(4-2-8)15-13(19)16-10-5-11(17)7-12(18)6-10/h1-7,17-18H,(H2,15,16,19). The Bertz CT molecular complexity index is 579. The minimum Gasteiger partial charge on any atom is -0.508 e. The minimum absolute atomic E-state index is 0.169. The van der Waals surface area contributed by atoms with Gasteiger partial charge in [-0.05, 0) is 24.3 Å². The third-order valence-corrected chi connectivity index (χ3v) is 2.26. The Morgan fingerprint density at radius 3 is 2.00 bits per heavy atom. The zero-order valence-electron chi connectivity index (χ0n) is 9.72. The SMILES string of the molecule is O=C(Nc1ccc(F)cc1)Nc1cc(O)cc(O)c1. The number of hydrogen-bond donors (Lipinski definition) is 4. The van der Waals surface area contributed by atoms with Crippen molar-refractivity contribution in [2.45, 2.75) is 0 Å². The van der Waals surface area contributed by atoms with Crippen LogP contribution in [0.25, 0.3) is 0 Å². The van der Waals surface area contributed by atoms with Crippen molar-refractivity contribution in [2.75, 3.05) is 10.6 Å². The molecule has 0 spiro atoms. The number of aromatic hydroxyl groups is 2. The molecule has 2 aromatic rings. The van der Waals surface area contributed by atoms with E-state index in [-0.39, 0.29) is 17.2 Å². The maximum absolute atomic E-state index is 12.7. The molecule has 0 atom stereocenters. The average molecular weight is 262 g/mol. The van der Waals surface area contributed by atoms with Crippen molar-refractivity contribution in [1.82, 2.24) is 0 Å². The minimum atomic E-state index is -0.573. The van der Waals surface area contributed by atoms with Gasteiger partial charge in [-0.2, -0.15) is 0 Å². The molecule has 98 valence electrons. The summed E-state index contributed by atoms with van der Waals surface area (Å²) < 4.78 is 12.7. The Balaban J connectivity index is 2.03. The van der Waals surface area contributed by atoms with Gasteiger partial charge >= 0.3 is 6.03 Å². The Hall–Kier alpha value is -2.76. The molecule has 0 unspecified atom stereocenters. The van der Waals surface area contributed by atoms with E-state index in [1.165, 1.54) is 36.4 Å². The molecule has 0 aliphatic heterocycles. The molecule has 4 N–H and O–H groups in total. The van der Waals surface area contributed by atoms with Crippen molar-refractivity contribution in [3.63, 3.8) is 0 Å². The van der Waals surface area contributed by atoms with Crippen LogP contribution in [0.4, 0.5) is 20.6 Å². The zero-order chi connectivity index (χ0) is 13.8. The fourth-order valence-electron chi connectivity index (χ4n) is 1.49. The van der Waals surface area contributed by atoms with E-state index in [0.29, 0.717) is 5.69 Å². The van der Waals surface area contributed by atoms with Crippen molar-refractivity contribution in [2.24, 2.45) is 0 Å². The summed E-state index contributed by atoms with van der Waals surface area (Å²) in [5.41, 5.74) is 0.653. The van der Waals surface area contributed by atoms with Crippen molar-refractivity contribution in [1.29, 1.82) is 0 Å². The first-order chi connectivity index (χ1) is 9.02. The fraction of sp³-hybridized carbons (Fsp3) is 0. The van der Waals surface area contributed by atoms with E-state index in [2.05, 4.69) is 10.6 Å². The first-order valence-corrected chi connectivity index (χ1v) is 5.39. The van der Waals surface area contributed by atoms with Gasteiger partial charge in [0.2, 0.25) is 0 Å². The van der Waals surface area contributed by atoms with Gasteiger partial charge in [0.25, 0.3) is 0 Å². The molecule has 6 heteroatoms. The van der Waals surface area contributed by atoms with E-state index in [1.54, 1.807) is 0 Å². The number of nitrogens with one attached hydrogen (secondary N) is 2. The number of phenols is 2. The average Bonchev–Trinajstić information content (AvgIpc) is 2.30. The topological polar surface area (TPSA) is 81.6 Å². The number of benzene rings is 2. The van der Waals surface area contributed by atoms with E-state index in [9.17, 15) is 19.4 Å². The second-order valence-corrected chi connectivity index (χ2v) is 3.82. The van der Waals surface area contributed by atoms with Gasteiger partial charge in [-0.1, -0.05) is 0 Å². The number of amides is 2. The van der Waals surface area contributed by atoms with Crippen LogP contribution < -0.4 is 10.6 Å². The summed E-state index contributed by atoms with van der Waals surface area (Å²) >= 11 is 0. The van der Waals surface area contributed by atoms with E-state index >= 15 is 0 Å². The number of anilines is 2. The summed E-state index contributed by atoms with van der Waals surface area (Å²) in [6.07, 6.45) is 0. The van der Waals surface area contributed by atoms with Crippen LogP contribution in [-0.2, 0) is 0 Å². The van der Waals surface area contributed by atoms with Gasteiger partial charge in [-0.25, -0.2) is 9.18 Å². The number of carbonyl (C=O) groups is 1. The van der Waals surface area contributed by atoms with Gasteiger partial charge in [0.1, 0.15) is 17.3 Å². The summed E-state index contributed by atoms with van der Waals surface area (Å²) in [6.45, 7) is 0. The van der Waals surface area contributed by atoms with E-state index in [0.717, 1.165) is 6.07 Å². The van der Waals surface area contributed by atoms with Gasteiger partial charge in [-0.3, -0.25) is 0 Å². The van der Waals surface area contributed by atoms with Crippen molar-refractivity contribution >= 4 is 17.4 Å². The van der Waals surface area contributed by atoms with Crippen molar-refractivity contribution < 1.29 is 19.4 Å². The Morgan fingerprint density at radius 1 is 0.895 bits per heavy atom. The predicted octanol–water partition coefficient (Wildman–Crippen LogP) is 2.88. The Kier molecular flexibility index (Phi) is 3.51. The number of urea groups is 1. The molecule has 0 radical (unpaired) electrons. The molecule has 2 aromatic carbocycles. The number of halogens is 1. The number of phenolic OH excluding ortho intramolecular Hbond substituents is 2. The molecular weight excluding hydrogens is 251 g/mol. The quantitative estimate of drug-likeness (QED) is 0.671. The highest BCUT2D eigenvalue weighted by atomic mass is 19.1. The first kappa shape index (κ1) is 12.7. The molecule has 0 aliphatic rings. The Morgan fingerprint density at radius 2 is 1.42 bits per heavy atom. The van der Waals surface area contributed by atoms with Crippen LogP contribution in [-0.4, -0.2) is 16.2 Å². The van der Waals surface area contributed by atoms with E-state index in [4.69, 9.17) is 0 Å². The molecule has 0 saturated heterocycles. The summed E-state index contributed by atoms with van der Waals surface area (Å²) in [5, 5.41) is 23.4. The van der Waals surface area contributed by atoms with Gasteiger partial charge in [0.05, 0.1) is 0 Å². The molecule has 0 aliphatic carbocycles. The number of hydrogen-bond acceptors (Lipinski definition) is 3. The van der Waals surface area contributed by atoms with Gasteiger partial charge < -0.3 is 20.8 Å². The van der Waals surface area contributed by atoms with Crippen LogP contribution in [0.1, 0.15) is 0 Å². The third kappa shape index (κ3) is 3.60. The lowest BCUT2D eigenvalue weighted by Gasteiger charge is -2.08. The highest BCUT2D eigenvalue weighted by Gasteiger charge is 2.05. The van der Waals surface area contributed by atoms with Crippen molar-refractivity contribution in [3.05, 3.63) is 48.3 Å². The monoisotopic (exact) mass is 262 g/mol. The molecule has 0 heterocycles. The lowest BCUT2D eigenvalue weighted by molar-refractivity contribution is 0.262. The zero-order valence-corrected chi connectivity index (χ0v) is 9.72. The third-order valence-electron chi connectivity index (χ3n) is 2.26. The molecule has 0 bridgehead atoms. The van der Waals surface area contributed by atoms with E-state index in [1.807, 2.05) is 0 Å². The summed E-state index contributed by atoms with van der Waals surface area (Å²) in [5.74, 6) is -0.738. The lowest BCUT2D eigenvalue weighted by atomic mass is 10.3. The molecule has 2 rings (SSSR count). The largest absolute Gasteiger partial charge is 0.508 e. The molecule has 19 heavy (non-hydrogen) atoms. The van der Waals surface area contributed by atoms with Crippen LogP contribution in [0.2, 0.25) is 0 Å². The Labute approximate surface area is 108 Å². The summed E-state index contributed by atoms with van der Waals surface area (Å²) in [6, 6.07) is 8.39. The predicted molar refractivity (Wildman–Crippen MR) is 68.8 cm³/mol. The number of carbonyl (C=O) groups excluding carboxylic acids is 1. The van der Waals surface area contributed by atoms with Crippen LogP contribution in [0, 0.1) is 5.82 Å². The second kappa shape index (κ2) is 5.26. The maximum atomic E-state index is 12.7. The smallest absolute Gasteiger partial charge is 0.323 e. The van der Waals surface area contributed by atoms with Gasteiger partial charge in [-0.15, -0.1) is 0 Å². The molecule has 0 aromatic heterocycles. The van der Waals surface area contributed by atoms with Crippen LogP contribution in [0.15, 0.2) is 42.5 Å². The molecule has 0 saturated carbocycles. The summed E-state index contributed by atoms with van der Waals surface area (Å²) in [4.78, 5) is 11.6. The summed E-state index contributed by atoms with van der Waals surface area (Å²) in [7, 11) is 0. The highest BCUT2D eigenvalue weighted by Crippen LogP contribution is 2.24. The van der Waals surface area contributed by atoms with Gasteiger partial charge in [0, 0.05) is 29.6 Å². The fourth-order valence-corrected chi connectivity index (χ4v) is 1.49. The second-order valence-electron chi connectivity index (χ2n) is 3.82. The van der Waals surface area contributed by atoms with Crippen LogP contribution in [0.5, 0.6) is 11.5 Å².